The molecule has 5 heteroatoms. The molecule has 0 N–H and O–H groups in total. The van der Waals surface area contributed by atoms with Crippen LogP contribution in [0.1, 0.15) is 21.5 Å². The second-order valence-corrected chi connectivity index (χ2v) is 6.34. The molecule has 28 heavy (non-hydrogen) atoms. The van der Waals surface area contributed by atoms with Crippen LogP contribution in [0, 0.1) is 0 Å². The Morgan fingerprint density at radius 3 is 2.04 bits per heavy atom. The first kappa shape index (κ1) is 17.5. The SMILES string of the molecule is CN1C(=O)/C(=N/N=C(\C(=O)c2ccccc2)c2ccccc2)c2ccccc21. The van der Waals surface area contributed by atoms with E-state index in [9.17, 15) is 9.59 Å². The lowest BCUT2D eigenvalue weighted by molar-refractivity contribution is -0.111. The summed E-state index contributed by atoms with van der Waals surface area (Å²) in [6.07, 6.45) is 0. The molecule has 0 unspecified atom stereocenters. The lowest BCUT2D eigenvalue weighted by atomic mass is 10.0. The molecule has 5 nitrogen and oxygen atoms in total. The fourth-order valence-corrected chi connectivity index (χ4v) is 3.10. The fraction of sp³-hybridized carbons (Fsp3) is 0.0435. The van der Waals surface area contributed by atoms with Gasteiger partial charge in [-0.15, -0.1) is 10.2 Å². The predicted molar refractivity (Wildman–Crippen MR) is 110 cm³/mol. The van der Waals surface area contributed by atoms with Crippen LogP contribution in [0.5, 0.6) is 0 Å². The number of hydrogen-bond donors (Lipinski definition) is 0. The molecule has 0 aliphatic carbocycles. The predicted octanol–water partition coefficient (Wildman–Crippen LogP) is 3.74. The Bertz CT molecular complexity index is 1100. The number of hydrogen-bond acceptors (Lipinski definition) is 4. The van der Waals surface area contributed by atoms with Gasteiger partial charge < -0.3 is 4.90 Å². The normalized spacial score (nSPS) is 15.0. The molecular weight excluding hydrogens is 350 g/mol. The molecule has 4 rings (SSSR count). The van der Waals surface area contributed by atoms with Crippen molar-refractivity contribution in [1.82, 2.24) is 0 Å². The highest BCUT2D eigenvalue weighted by atomic mass is 16.2. The van der Waals surface area contributed by atoms with Crippen LogP contribution in [-0.2, 0) is 4.79 Å². The maximum atomic E-state index is 13.0. The third kappa shape index (κ3) is 3.14. The number of carbonyl (C=O) groups is 2. The summed E-state index contributed by atoms with van der Waals surface area (Å²) in [7, 11) is 1.70. The minimum absolute atomic E-state index is 0.194. The molecule has 1 aliphatic rings. The van der Waals surface area contributed by atoms with Gasteiger partial charge in [0, 0.05) is 23.7 Å². The van der Waals surface area contributed by atoms with Crippen molar-refractivity contribution in [2.45, 2.75) is 0 Å². The highest BCUT2D eigenvalue weighted by molar-refractivity contribution is 6.55. The van der Waals surface area contributed by atoms with Crippen LogP contribution < -0.4 is 4.90 Å². The van der Waals surface area contributed by atoms with Crippen molar-refractivity contribution in [1.29, 1.82) is 0 Å². The molecule has 0 spiro atoms. The second kappa shape index (κ2) is 7.40. The molecule has 3 aromatic rings. The van der Waals surface area contributed by atoms with Crippen LogP contribution in [0.3, 0.4) is 0 Å². The number of fused-ring (bicyclic) bond motifs is 1. The summed E-state index contributed by atoms with van der Waals surface area (Å²) in [5, 5.41) is 8.46. The maximum absolute atomic E-state index is 13.0. The fourth-order valence-electron chi connectivity index (χ4n) is 3.10. The molecule has 1 amide bonds. The molecule has 1 aliphatic heterocycles. The van der Waals surface area contributed by atoms with Gasteiger partial charge in [-0.05, 0) is 6.07 Å². The van der Waals surface area contributed by atoms with Crippen molar-refractivity contribution in [3.05, 3.63) is 102 Å². The average molecular weight is 367 g/mol. The van der Waals surface area contributed by atoms with Crippen molar-refractivity contribution >= 4 is 28.8 Å². The molecule has 0 saturated heterocycles. The number of Topliss-reactive ketones (excluding diaryl/α,β-unsaturated/α-hetero) is 1. The van der Waals surface area contributed by atoms with Gasteiger partial charge in [0.2, 0.25) is 5.78 Å². The molecule has 0 fully saturated rings. The minimum atomic E-state index is -0.247. The maximum Gasteiger partial charge on any atom is 0.279 e. The molecular formula is C23H17N3O2. The Balaban J connectivity index is 1.82. The molecule has 0 radical (unpaired) electrons. The summed E-state index contributed by atoms with van der Waals surface area (Å²) in [6, 6.07) is 25.4. The summed E-state index contributed by atoms with van der Waals surface area (Å²) in [4.78, 5) is 27.2. The highest BCUT2D eigenvalue weighted by Gasteiger charge is 2.31. The van der Waals surface area contributed by atoms with Gasteiger partial charge in [0.05, 0.1) is 5.69 Å². The van der Waals surface area contributed by atoms with E-state index in [1.165, 1.54) is 4.90 Å². The first-order chi connectivity index (χ1) is 13.7. The number of likely N-dealkylation sites (N-methyl/N-ethyl adjacent to an activating group) is 1. The van der Waals surface area contributed by atoms with E-state index in [0.717, 1.165) is 5.69 Å². The van der Waals surface area contributed by atoms with Gasteiger partial charge in [0.1, 0.15) is 5.71 Å². The number of rotatable bonds is 4. The molecule has 0 saturated carbocycles. The second-order valence-electron chi connectivity index (χ2n) is 6.34. The Morgan fingerprint density at radius 2 is 1.36 bits per heavy atom. The van der Waals surface area contributed by atoms with Gasteiger partial charge >= 0.3 is 0 Å². The van der Waals surface area contributed by atoms with E-state index in [1.807, 2.05) is 48.5 Å². The van der Waals surface area contributed by atoms with Gasteiger partial charge in [0.15, 0.2) is 5.71 Å². The lowest BCUT2D eigenvalue weighted by Gasteiger charge is -2.07. The smallest absolute Gasteiger partial charge is 0.279 e. The Morgan fingerprint density at radius 1 is 0.786 bits per heavy atom. The number of carbonyl (C=O) groups excluding carboxylic acids is 2. The Kier molecular flexibility index (Phi) is 4.64. The Labute approximate surface area is 162 Å². The van der Waals surface area contributed by atoms with Crippen LogP contribution in [0.4, 0.5) is 5.69 Å². The summed E-state index contributed by atoms with van der Waals surface area (Å²) in [5.41, 5.74) is 3.07. The number of benzene rings is 3. The van der Waals surface area contributed by atoms with E-state index in [2.05, 4.69) is 10.2 Å². The summed E-state index contributed by atoms with van der Waals surface area (Å²) in [6.45, 7) is 0. The van der Waals surface area contributed by atoms with Crippen LogP contribution in [0.15, 0.2) is 95.1 Å². The topological polar surface area (TPSA) is 62.1 Å². The lowest BCUT2D eigenvalue weighted by Crippen LogP contribution is -2.25. The van der Waals surface area contributed by atoms with Crippen molar-refractivity contribution in [2.24, 2.45) is 10.2 Å². The van der Waals surface area contributed by atoms with E-state index in [1.54, 1.807) is 43.4 Å². The molecule has 1 heterocycles. The highest BCUT2D eigenvalue weighted by Crippen LogP contribution is 2.27. The van der Waals surface area contributed by atoms with Gasteiger partial charge in [-0.1, -0.05) is 78.9 Å². The van der Waals surface area contributed by atoms with Crippen molar-refractivity contribution in [3.8, 4) is 0 Å². The van der Waals surface area contributed by atoms with Gasteiger partial charge in [-0.25, -0.2) is 0 Å². The van der Waals surface area contributed by atoms with Gasteiger partial charge in [-0.3, -0.25) is 9.59 Å². The van der Waals surface area contributed by atoms with Crippen molar-refractivity contribution in [3.63, 3.8) is 0 Å². The molecule has 136 valence electrons. The van der Waals surface area contributed by atoms with Crippen LogP contribution in [0.2, 0.25) is 0 Å². The van der Waals surface area contributed by atoms with Crippen LogP contribution >= 0.6 is 0 Å². The molecule has 0 bridgehead atoms. The van der Waals surface area contributed by atoms with Crippen molar-refractivity contribution in [2.75, 3.05) is 11.9 Å². The van der Waals surface area contributed by atoms with E-state index >= 15 is 0 Å². The number of anilines is 1. The monoisotopic (exact) mass is 367 g/mol. The third-order valence-corrected chi connectivity index (χ3v) is 4.58. The van der Waals surface area contributed by atoms with Crippen LogP contribution in [-0.4, -0.2) is 30.2 Å². The first-order valence-electron chi connectivity index (χ1n) is 8.85. The largest absolute Gasteiger partial charge is 0.309 e. The minimum Gasteiger partial charge on any atom is -0.309 e. The van der Waals surface area contributed by atoms with Crippen LogP contribution in [0.25, 0.3) is 0 Å². The average Bonchev–Trinajstić information content (AvgIpc) is 3.00. The van der Waals surface area contributed by atoms with E-state index in [0.29, 0.717) is 16.7 Å². The molecule has 0 atom stereocenters. The van der Waals surface area contributed by atoms with Gasteiger partial charge in [0.25, 0.3) is 5.91 Å². The standard InChI is InChI=1S/C23H17N3O2/c1-26-19-15-9-8-14-18(19)21(23(26)28)25-24-20(16-10-4-2-5-11-16)22(27)17-12-6-3-7-13-17/h2-15H,1H3/b24-20-,25-21+. The zero-order chi connectivity index (χ0) is 19.5. The molecule has 3 aromatic carbocycles. The quantitative estimate of drug-likeness (QED) is 0.401. The number of amides is 1. The summed E-state index contributed by atoms with van der Waals surface area (Å²) in [5.74, 6) is -0.493. The van der Waals surface area contributed by atoms with E-state index < -0.39 is 0 Å². The first-order valence-corrected chi connectivity index (χ1v) is 8.85. The number of para-hydroxylation sites is 1. The Hall–Kier alpha value is -3.86. The van der Waals surface area contributed by atoms with Crippen molar-refractivity contribution < 1.29 is 9.59 Å². The number of ketones is 1. The summed E-state index contributed by atoms with van der Waals surface area (Å²) >= 11 is 0. The third-order valence-electron chi connectivity index (χ3n) is 4.58. The molecule has 0 aromatic heterocycles. The number of nitrogens with zero attached hydrogens (tertiary/aromatic N) is 3. The zero-order valence-corrected chi connectivity index (χ0v) is 15.2. The van der Waals surface area contributed by atoms with E-state index in [4.69, 9.17) is 0 Å². The van der Waals surface area contributed by atoms with E-state index in [-0.39, 0.29) is 23.1 Å². The van der Waals surface area contributed by atoms with Gasteiger partial charge in [-0.2, -0.15) is 0 Å². The summed E-state index contributed by atoms with van der Waals surface area (Å²) < 4.78 is 0. The zero-order valence-electron chi connectivity index (χ0n) is 15.2.